The number of anilines is 2. The minimum absolute atomic E-state index is 0.0911. The van der Waals surface area contributed by atoms with E-state index in [1.807, 2.05) is 30.3 Å². The third kappa shape index (κ3) is 8.64. The Bertz CT molecular complexity index is 1070. The van der Waals surface area contributed by atoms with Gasteiger partial charge in [0.15, 0.2) is 0 Å². The van der Waals surface area contributed by atoms with Crippen molar-refractivity contribution in [2.75, 3.05) is 22.9 Å². The van der Waals surface area contributed by atoms with Gasteiger partial charge in [-0.25, -0.2) is 13.2 Å². The number of methoxy groups -OCH3 is 1. The first-order chi connectivity index (χ1) is 15.4. The molecule has 10 heteroatoms. The number of hydrogen-bond donors (Lipinski definition) is 3. The van der Waals surface area contributed by atoms with Crippen LogP contribution in [0.5, 0.6) is 5.75 Å². The van der Waals surface area contributed by atoms with Gasteiger partial charge in [-0.05, 0) is 45.4 Å². The monoisotopic (exact) mass is 477 g/mol. The zero-order chi connectivity index (χ0) is 24.6. The van der Waals surface area contributed by atoms with Crippen molar-refractivity contribution in [3.63, 3.8) is 0 Å². The lowest BCUT2D eigenvalue weighted by Crippen LogP contribution is -2.47. The Morgan fingerprint density at radius 3 is 2.30 bits per heavy atom. The molecule has 0 saturated carbocycles. The zero-order valence-corrected chi connectivity index (χ0v) is 20.3. The van der Waals surface area contributed by atoms with Crippen LogP contribution in [0.1, 0.15) is 33.3 Å². The van der Waals surface area contributed by atoms with Crippen LogP contribution in [-0.4, -0.2) is 44.9 Å². The van der Waals surface area contributed by atoms with E-state index in [-0.39, 0.29) is 23.6 Å². The Morgan fingerprint density at radius 2 is 1.73 bits per heavy atom. The van der Waals surface area contributed by atoms with Gasteiger partial charge in [0.25, 0.3) is 0 Å². The summed E-state index contributed by atoms with van der Waals surface area (Å²) in [6.45, 7) is 6.73. The summed E-state index contributed by atoms with van der Waals surface area (Å²) in [4.78, 5) is 25.4. The SMILES string of the molecule is CCS(=O)(=O)Nc1ccc(NC(=O)C(Cc2ccccc2)NC(=O)OC(C)(C)C)cc1OC. The molecule has 2 aromatic rings. The number of nitrogens with one attached hydrogen (secondary N) is 3. The molecule has 2 amide bonds. The summed E-state index contributed by atoms with van der Waals surface area (Å²) in [5, 5.41) is 5.37. The van der Waals surface area contributed by atoms with Crippen LogP contribution in [0.3, 0.4) is 0 Å². The minimum Gasteiger partial charge on any atom is -0.494 e. The van der Waals surface area contributed by atoms with Crippen molar-refractivity contribution < 1.29 is 27.5 Å². The molecular weight excluding hydrogens is 446 g/mol. The number of benzene rings is 2. The molecule has 2 aromatic carbocycles. The maximum absolute atomic E-state index is 13.0. The molecule has 3 N–H and O–H groups in total. The fraction of sp³-hybridized carbons (Fsp3) is 0.391. The van der Waals surface area contributed by atoms with Gasteiger partial charge in [0.2, 0.25) is 15.9 Å². The largest absolute Gasteiger partial charge is 0.494 e. The van der Waals surface area contributed by atoms with E-state index in [0.29, 0.717) is 5.69 Å². The molecule has 0 bridgehead atoms. The predicted molar refractivity (Wildman–Crippen MR) is 128 cm³/mol. The predicted octanol–water partition coefficient (Wildman–Crippen LogP) is 3.53. The summed E-state index contributed by atoms with van der Waals surface area (Å²) in [6, 6.07) is 12.9. The van der Waals surface area contributed by atoms with Crippen LogP contribution in [0, 0.1) is 0 Å². The highest BCUT2D eigenvalue weighted by Gasteiger charge is 2.25. The molecule has 0 aromatic heterocycles. The molecule has 0 radical (unpaired) electrons. The number of carbonyl (C=O) groups excluding carboxylic acids is 2. The first-order valence-electron chi connectivity index (χ1n) is 10.4. The van der Waals surface area contributed by atoms with Gasteiger partial charge in [-0.15, -0.1) is 0 Å². The van der Waals surface area contributed by atoms with Gasteiger partial charge in [0.1, 0.15) is 17.4 Å². The summed E-state index contributed by atoms with van der Waals surface area (Å²) in [6.07, 6.45) is -0.460. The summed E-state index contributed by atoms with van der Waals surface area (Å²) < 4.78 is 36.7. The molecule has 0 fully saturated rings. The van der Waals surface area contributed by atoms with E-state index in [9.17, 15) is 18.0 Å². The average molecular weight is 478 g/mol. The van der Waals surface area contributed by atoms with Crippen LogP contribution < -0.4 is 20.1 Å². The fourth-order valence-corrected chi connectivity index (χ4v) is 3.48. The zero-order valence-electron chi connectivity index (χ0n) is 19.5. The van der Waals surface area contributed by atoms with Crippen LogP contribution in [0.25, 0.3) is 0 Å². The summed E-state index contributed by atoms with van der Waals surface area (Å²) in [7, 11) is -2.10. The van der Waals surface area contributed by atoms with Crippen LogP contribution in [0.15, 0.2) is 48.5 Å². The Morgan fingerprint density at radius 1 is 1.06 bits per heavy atom. The quantitative estimate of drug-likeness (QED) is 0.508. The van der Waals surface area contributed by atoms with Gasteiger partial charge in [0.05, 0.1) is 18.6 Å². The molecule has 0 saturated heterocycles. The minimum atomic E-state index is -3.50. The molecular formula is C23H31N3O6S. The van der Waals surface area contributed by atoms with Gasteiger partial charge in [-0.2, -0.15) is 0 Å². The molecule has 9 nitrogen and oxygen atoms in total. The van der Waals surface area contributed by atoms with Gasteiger partial charge in [-0.1, -0.05) is 30.3 Å². The van der Waals surface area contributed by atoms with E-state index < -0.39 is 33.7 Å². The van der Waals surface area contributed by atoms with Crippen molar-refractivity contribution >= 4 is 33.4 Å². The van der Waals surface area contributed by atoms with Gasteiger partial charge < -0.3 is 20.1 Å². The van der Waals surface area contributed by atoms with Crippen LogP contribution >= 0.6 is 0 Å². The van der Waals surface area contributed by atoms with E-state index in [4.69, 9.17) is 9.47 Å². The summed E-state index contributed by atoms with van der Waals surface area (Å²) in [5.74, 6) is -0.315. The van der Waals surface area contributed by atoms with Gasteiger partial charge in [0, 0.05) is 18.2 Å². The number of sulfonamides is 1. The van der Waals surface area contributed by atoms with E-state index in [1.165, 1.54) is 26.2 Å². The number of alkyl carbamates (subject to hydrolysis) is 1. The first kappa shape index (κ1) is 26.0. The van der Waals surface area contributed by atoms with Gasteiger partial charge in [-0.3, -0.25) is 9.52 Å². The first-order valence-corrected chi connectivity index (χ1v) is 12.1. The Balaban J connectivity index is 2.22. The highest BCUT2D eigenvalue weighted by Crippen LogP contribution is 2.29. The second-order valence-corrected chi connectivity index (χ2v) is 10.3. The number of rotatable bonds is 9. The standard InChI is InChI=1S/C23H31N3O6S/c1-6-33(29,30)26-18-13-12-17(15-20(18)31-5)24-21(27)19(14-16-10-8-7-9-11-16)25-22(28)32-23(2,3)4/h7-13,15,19,26H,6,14H2,1-5H3,(H,24,27)(H,25,28). The lowest BCUT2D eigenvalue weighted by Gasteiger charge is -2.23. The highest BCUT2D eigenvalue weighted by molar-refractivity contribution is 7.92. The maximum atomic E-state index is 13.0. The molecule has 1 atom stereocenters. The molecule has 0 aliphatic heterocycles. The number of carbonyl (C=O) groups is 2. The molecule has 180 valence electrons. The smallest absolute Gasteiger partial charge is 0.408 e. The van der Waals surface area contributed by atoms with E-state index in [0.717, 1.165) is 5.56 Å². The van der Waals surface area contributed by atoms with Crippen molar-refractivity contribution in [2.45, 2.75) is 45.8 Å². The molecule has 0 aliphatic rings. The highest BCUT2D eigenvalue weighted by atomic mass is 32.2. The Labute approximate surface area is 194 Å². The molecule has 33 heavy (non-hydrogen) atoms. The van der Waals surface area contributed by atoms with Crippen molar-refractivity contribution in [3.05, 3.63) is 54.1 Å². The Hall–Kier alpha value is -3.27. The van der Waals surface area contributed by atoms with E-state index in [2.05, 4.69) is 15.4 Å². The molecule has 0 heterocycles. The number of amides is 2. The fourth-order valence-electron chi connectivity index (χ4n) is 2.83. The topological polar surface area (TPSA) is 123 Å². The Kier molecular flexibility index (Phi) is 8.69. The van der Waals surface area contributed by atoms with Gasteiger partial charge >= 0.3 is 6.09 Å². The summed E-state index contributed by atoms with van der Waals surface area (Å²) in [5.41, 5.74) is 0.772. The third-order valence-electron chi connectivity index (χ3n) is 4.40. The van der Waals surface area contributed by atoms with Crippen molar-refractivity contribution in [3.8, 4) is 5.75 Å². The van der Waals surface area contributed by atoms with Crippen molar-refractivity contribution in [2.24, 2.45) is 0 Å². The van der Waals surface area contributed by atoms with Crippen LogP contribution in [-0.2, 0) is 26.0 Å². The lowest BCUT2D eigenvalue weighted by atomic mass is 10.1. The van der Waals surface area contributed by atoms with E-state index >= 15 is 0 Å². The molecule has 0 spiro atoms. The van der Waals surface area contributed by atoms with Crippen molar-refractivity contribution in [1.82, 2.24) is 5.32 Å². The maximum Gasteiger partial charge on any atom is 0.408 e. The van der Waals surface area contributed by atoms with Crippen molar-refractivity contribution in [1.29, 1.82) is 0 Å². The molecule has 2 rings (SSSR count). The number of ether oxygens (including phenoxy) is 2. The summed E-state index contributed by atoms with van der Waals surface area (Å²) >= 11 is 0. The number of hydrogen-bond acceptors (Lipinski definition) is 6. The third-order valence-corrected chi connectivity index (χ3v) is 5.70. The second kappa shape index (κ2) is 11.0. The normalized spacial score (nSPS) is 12.4. The second-order valence-electron chi connectivity index (χ2n) is 8.30. The molecule has 1 unspecified atom stereocenters. The van der Waals surface area contributed by atoms with Crippen LogP contribution in [0.2, 0.25) is 0 Å². The van der Waals surface area contributed by atoms with E-state index in [1.54, 1.807) is 26.8 Å². The molecule has 0 aliphatic carbocycles. The van der Waals surface area contributed by atoms with Crippen LogP contribution in [0.4, 0.5) is 16.2 Å². The lowest BCUT2D eigenvalue weighted by molar-refractivity contribution is -0.118. The average Bonchev–Trinajstić information content (AvgIpc) is 2.73.